The van der Waals surface area contributed by atoms with Gasteiger partial charge in [0.15, 0.2) is 5.69 Å². The van der Waals surface area contributed by atoms with Crippen LogP contribution in [-0.2, 0) is 0 Å². The lowest BCUT2D eigenvalue weighted by Gasteiger charge is -2.12. The number of methoxy groups -OCH3 is 2. The van der Waals surface area contributed by atoms with E-state index in [-0.39, 0.29) is 17.2 Å². The minimum Gasteiger partial charge on any atom is -0.496 e. The van der Waals surface area contributed by atoms with E-state index >= 15 is 0 Å². The maximum atomic E-state index is 11.1. The van der Waals surface area contributed by atoms with Gasteiger partial charge in [0.1, 0.15) is 17.3 Å². The molecule has 0 fully saturated rings. The number of anilines is 1. The number of ether oxygens (including phenoxy) is 2. The number of benzene rings is 1. The summed E-state index contributed by atoms with van der Waals surface area (Å²) in [7, 11) is 2.94. The van der Waals surface area contributed by atoms with Crippen LogP contribution in [0.3, 0.4) is 0 Å². The Kier molecular flexibility index (Phi) is 3.69. The Bertz CT molecular complexity index is 636. The van der Waals surface area contributed by atoms with Crippen LogP contribution in [0.2, 0.25) is 0 Å². The first kappa shape index (κ1) is 13.6. The molecule has 0 aliphatic rings. The lowest BCUT2D eigenvalue weighted by atomic mass is 10.1. The maximum absolute atomic E-state index is 11.1. The number of hydrogen-bond acceptors (Lipinski definition) is 6. The largest absolute Gasteiger partial charge is 0.496 e. The Balaban J connectivity index is 2.79. The Labute approximate surface area is 115 Å². The first-order valence-electron chi connectivity index (χ1n) is 5.70. The van der Waals surface area contributed by atoms with Crippen molar-refractivity contribution in [3.8, 4) is 22.8 Å². The van der Waals surface area contributed by atoms with Gasteiger partial charge in [0.2, 0.25) is 0 Å². The monoisotopic (exact) mass is 275 g/mol. The van der Waals surface area contributed by atoms with Crippen LogP contribution in [0.25, 0.3) is 11.3 Å². The van der Waals surface area contributed by atoms with Crippen molar-refractivity contribution in [3.05, 3.63) is 40.4 Å². The van der Waals surface area contributed by atoms with Gasteiger partial charge in [-0.15, -0.1) is 0 Å². The molecule has 2 rings (SSSR count). The molecule has 0 saturated carbocycles. The molecule has 0 aliphatic heterocycles. The molecule has 7 nitrogen and oxygen atoms in total. The summed E-state index contributed by atoms with van der Waals surface area (Å²) in [5.74, 6) is 1.02. The molecule has 1 aromatic carbocycles. The second kappa shape index (κ2) is 5.43. The normalized spacial score (nSPS) is 10.1. The Hall–Kier alpha value is -2.83. The molecule has 20 heavy (non-hydrogen) atoms. The fraction of sp³-hybridized carbons (Fsp3) is 0.154. The van der Waals surface area contributed by atoms with Crippen molar-refractivity contribution < 1.29 is 14.4 Å². The molecule has 0 radical (unpaired) electrons. The molecular weight excluding hydrogens is 262 g/mol. The highest BCUT2D eigenvalue weighted by atomic mass is 16.6. The van der Waals surface area contributed by atoms with E-state index < -0.39 is 4.92 Å². The van der Waals surface area contributed by atoms with Crippen molar-refractivity contribution in [3.63, 3.8) is 0 Å². The predicted octanol–water partition coefficient (Wildman–Crippen LogP) is 2.26. The number of aromatic nitrogens is 1. The van der Waals surface area contributed by atoms with E-state index in [9.17, 15) is 10.1 Å². The molecule has 0 unspecified atom stereocenters. The van der Waals surface area contributed by atoms with Crippen LogP contribution in [0.4, 0.5) is 11.5 Å². The second-order valence-corrected chi connectivity index (χ2v) is 3.90. The average molecular weight is 275 g/mol. The molecule has 0 amide bonds. The van der Waals surface area contributed by atoms with Crippen molar-refractivity contribution in [1.29, 1.82) is 0 Å². The van der Waals surface area contributed by atoms with Crippen LogP contribution in [0, 0.1) is 10.1 Å². The molecule has 0 aliphatic carbocycles. The fourth-order valence-corrected chi connectivity index (χ4v) is 1.88. The van der Waals surface area contributed by atoms with E-state index in [4.69, 9.17) is 15.2 Å². The van der Waals surface area contributed by atoms with Crippen LogP contribution in [0.15, 0.2) is 30.3 Å². The van der Waals surface area contributed by atoms with Crippen molar-refractivity contribution in [2.45, 2.75) is 0 Å². The zero-order valence-electron chi connectivity index (χ0n) is 11.0. The number of rotatable bonds is 4. The van der Waals surface area contributed by atoms with Gasteiger partial charge < -0.3 is 15.2 Å². The second-order valence-electron chi connectivity index (χ2n) is 3.90. The molecule has 0 saturated heterocycles. The third-order valence-electron chi connectivity index (χ3n) is 2.76. The molecule has 2 aromatic rings. The molecule has 2 N–H and O–H groups in total. The summed E-state index contributed by atoms with van der Waals surface area (Å²) < 4.78 is 10.5. The summed E-state index contributed by atoms with van der Waals surface area (Å²) in [5.41, 5.74) is 5.98. The molecule has 0 bridgehead atoms. The van der Waals surface area contributed by atoms with Crippen LogP contribution in [0.5, 0.6) is 11.5 Å². The van der Waals surface area contributed by atoms with E-state index in [1.54, 1.807) is 18.2 Å². The number of nitrogens with zero attached hydrogens (tertiary/aromatic N) is 2. The average Bonchev–Trinajstić information content (AvgIpc) is 2.45. The zero-order chi connectivity index (χ0) is 14.7. The van der Waals surface area contributed by atoms with Gasteiger partial charge in [0.05, 0.1) is 24.7 Å². The van der Waals surface area contributed by atoms with Gasteiger partial charge in [-0.2, -0.15) is 0 Å². The van der Waals surface area contributed by atoms with E-state index in [0.29, 0.717) is 17.1 Å². The van der Waals surface area contributed by atoms with Crippen molar-refractivity contribution in [1.82, 2.24) is 4.98 Å². The fourth-order valence-electron chi connectivity index (χ4n) is 1.88. The Morgan fingerprint density at radius 1 is 1.15 bits per heavy atom. The SMILES string of the molecule is COc1cccc(OC)c1-c1nc(N)ccc1[N+](=O)[O-]. The van der Waals surface area contributed by atoms with E-state index in [0.717, 1.165) is 0 Å². The first-order chi connectivity index (χ1) is 9.58. The van der Waals surface area contributed by atoms with Crippen LogP contribution in [-0.4, -0.2) is 24.1 Å². The lowest BCUT2D eigenvalue weighted by Crippen LogP contribution is -2.01. The zero-order valence-corrected chi connectivity index (χ0v) is 11.0. The van der Waals surface area contributed by atoms with Crippen molar-refractivity contribution >= 4 is 11.5 Å². The van der Waals surface area contributed by atoms with Gasteiger partial charge in [-0.25, -0.2) is 4.98 Å². The van der Waals surface area contributed by atoms with Crippen molar-refractivity contribution in [2.24, 2.45) is 0 Å². The summed E-state index contributed by atoms with van der Waals surface area (Å²) in [6, 6.07) is 7.76. The Morgan fingerprint density at radius 3 is 2.25 bits per heavy atom. The highest BCUT2D eigenvalue weighted by Crippen LogP contribution is 2.41. The third kappa shape index (κ3) is 2.33. The summed E-state index contributed by atoms with van der Waals surface area (Å²) in [4.78, 5) is 14.7. The minimum atomic E-state index is -0.520. The summed E-state index contributed by atoms with van der Waals surface area (Å²) in [6.45, 7) is 0. The molecular formula is C13H13N3O4. The van der Waals surface area contributed by atoms with Gasteiger partial charge >= 0.3 is 0 Å². The van der Waals surface area contributed by atoms with Gasteiger partial charge in [0, 0.05) is 6.07 Å². The van der Waals surface area contributed by atoms with Crippen LogP contribution < -0.4 is 15.2 Å². The number of hydrogen-bond donors (Lipinski definition) is 1. The lowest BCUT2D eigenvalue weighted by molar-refractivity contribution is -0.384. The van der Waals surface area contributed by atoms with Crippen molar-refractivity contribution in [2.75, 3.05) is 20.0 Å². The minimum absolute atomic E-state index is 0.115. The number of nitrogen functional groups attached to an aromatic ring is 1. The quantitative estimate of drug-likeness (QED) is 0.678. The highest BCUT2D eigenvalue weighted by Gasteiger charge is 2.23. The number of nitro groups is 1. The highest BCUT2D eigenvalue weighted by molar-refractivity contribution is 5.81. The maximum Gasteiger partial charge on any atom is 0.295 e. The Morgan fingerprint density at radius 2 is 1.75 bits per heavy atom. The molecule has 104 valence electrons. The standard InChI is InChI=1S/C13H13N3O4/c1-19-9-4-3-5-10(20-2)12(9)13-8(16(17)18)6-7-11(14)15-13/h3-7H,1-2H3,(H2,14,15). The topological polar surface area (TPSA) is 101 Å². The van der Waals surface area contributed by atoms with E-state index in [1.807, 2.05) is 0 Å². The predicted molar refractivity (Wildman–Crippen MR) is 73.8 cm³/mol. The van der Waals surface area contributed by atoms with Gasteiger partial charge in [0.25, 0.3) is 5.69 Å². The van der Waals surface area contributed by atoms with E-state index in [2.05, 4.69) is 4.98 Å². The van der Waals surface area contributed by atoms with Crippen LogP contribution >= 0.6 is 0 Å². The summed E-state index contributed by atoms with van der Waals surface area (Å²) in [6.07, 6.45) is 0. The molecule has 7 heteroatoms. The molecule has 0 atom stereocenters. The number of nitrogens with two attached hydrogens (primary N) is 1. The summed E-state index contributed by atoms with van der Waals surface area (Å²) >= 11 is 0. The molecule has 1 heterocycles. The molecule has 0 spiro atoms. The molecule has 1 aromatic heterocycles. The summed E-state index contributed by atoms with van der Waals surface area (Å²) in [5, 5.41) is 11.1. The van der Waals surface area contributed by atoms with E-state index in [1.165, 1.54) is 26.4 Å². The van der Waals surface area contributed by atoms with Gasteiger partial charge in [-0.3, -0.25) is 10.1 Å². The number of pyridine rings is 1. The third-order valence-corrected chi connectivity index (χ3v) is 2.76. The van der Waals surface area contributed by atoms with Gasteiger partial charge in [-0.05, 0) is 18.2 Å². The van der Waals surface area contributed by atoms with Gasteiger partial charge in [-0.1, -0.05) is 6.07 Å². The van der Waals surface area contributed by atoms with Crippen LogP contribution in [0.1, 0.15) is 0 Å². The first-order valence-corrected chi connectivity index (χ1v) is 5.70. The smallest absolute Gasteiger partial charge is 0.295 e.